The summed E-state index contributed by atoms with van der Waals surface area (Å²) in [7, 11) is 0. The van der Waals surface area contributed by atoms with Crippen molar-refractivity contribution in [2.45, 2.75) is 13.0 Å². The number of hydrogen-bond acceptors (Lipinski definition) is 3. The van der Waals surface area contributed by atoms with Crippen LogP contribution >= 0.6 is 0 Å². The number of amides is 2. The molecule has 22 heavy (non-hydrogen) atoms. The molecule has 3 rings (SSSR count). The summed E-state index contributed by atoms with van der Waals surface area (Å²) in [6.07, 6.45) is 5.16. The quantitative estimate of drug-likeness (QED) is 0.776. The number of carbonyl (C=O) groups is 1. The van der Waals surface area contributed by atoms with Crippen molar-refractivity contribution in [3.63, 3.8) is 0 Å². The number of rotatable bonds is 3. The van der Waals surface area contributed by atoms with Gasteiger partial charge in [0.2, 0.25) is 0 Å². The smallest absolute Gasteiger partial charge is 0.319 e. The van der Waals surface area contributed by atoms with Gasteiger partial charge in [0, 0.05) is 24.0 Å². The molecule has 5 nitrogen and oxygen atoms in total. The Hall–Kier alpha value is -2.95. The van der Waals surface area contributed by atoms with Gasteiger partial charge < -0.3 is 10.6 Å². The van der Waals surface area contributed by atoms with Crippen molar-refractivity contribution in [3.8, 4) is 0 Å². The van der Waals surface area contributed by atoms with E-state index < -0.39 is 0 Å². The second-order valence-corrected chi connectivity index (χ2v) is 4.99. The lowest BCUT2D eigenvalue weighted by molar-refractivity contribution is 0.249. The minimum Gasteiger partial charge on any atom is -0.331 e. The first-order valence-electron chi connectivity index (χ1n) is 7.05. The first-order chi connectivity index (χ1) is 10.7. The second kappa shape index (κ2) is 6.22. The minimum absolute atomic E-state index is 0.128. The van der Waals surface area contributed by atoms with E-state index in [1.165, 1.54) is 0 Å². The van der Waals surface area contributed by atoms with E-state index >= 15 is 0 Å². The van der Waals surface area contributed by atoms with Crippen molar-refractivity contribution in [1.29, 1.82) is 0 Å². The molecule has 0 bridgehead atoms. The van der Waals surface area contributed by atoms with Gasteiger partial charge in [0.05, 0.1) is 17.2 Å². The van der Waals surface area contributed by atoms with E-state index in [0.717, 1.165) is 16.5 Å². The standard InChI is InChI=1S/C17H16N4O/c1-12(14-7-3-9-18-11-14)20-17(22)21-15-8-2-5-13-6-4-10-19-16(13)15/h2-12H,1H3,(H2,20,21,22)/t12-/m0/s1. The molecule has 0 saturated heterocycles. The van der Waals surface area contributed by atoms with Crippen LogP contribution in [0.1, 0.15) is 18.5 Å². The Bertz CT molecular complexity index is 784. The number of aromatic nitrogens is 2. The van der Waals surface area contributed by atoms with E-state index in [-0.39, 0.29) is 12.1 Å². The highest BCUT2D eigenvalue weighted by molar-refractivity contribution is 5.99. The third kappa shape index (κ3) is 3.03. The van der Waals surface area contributed by atoms with Gasteiger partial charge in [-0.3, -0.25) is 9.97 Å². The number of carbonyl (C=O) groups excluding carboxylic acids is 1. The molecule has 2 amide bonds. The van der Waals surface area contributed by atoms with E-state index in [9.17, 15) is 4.79 Å². The average Bonchev–Trinajstić information content (AvgIpc) is 2.56. The summed E-state index contributed by atoms with van der Waals surface area (Å²) in [4.78, 5) is 20.5. The first kappa shape index (κ1) is 14.0. The molecule has 110 valence electrons. The number of para-hydroxylation sites is 1. The molecule has 0 spiro atoms. The Labute approximate surface area is 128 Å². The molecule has 2 heterocycles. The third-order valence-electron chi connectivity index (χ3n) is 3.41. The number of anilines is 1. The Morgan fingerprint density at radius 3 is 2.73 bits per heavy atom. The van der Waals surface area contributed by atoms with Crippen LogP contribution in [0.3, 0.4) is 0 Å². The highest BCUT2D eigenvalue weighted by Gasteiger charge is 2.11. The lowest BCUT2D eigenvalue weighted by atomic mass is 10.1. The van der Waals surface area contributed by atoms with Crippen LogP contribution in [0.15, 0.2) is 61.1 Å². The monoisotopic (exact) mass is 292 g/mol. The fraction of sp³-hybridized carbons (Fsp3) is 0.118. The molecule has 0 fully saturated rings. The number of hydrogen-bond donors (Lipinski definition) is 2. The van der Waals surface area contributed by atoms with Crippen molar-refractivity contribution in [3.05, 3.63) is 66.6 Å². The van der Waals surface area contributed by atoms with Crippen LogP contribution in [0.2, 0.25) is 0 Å². The van der Waals surface area contributed by atoms with Gasteiger partial charge in [-0.05, 0) is 30.7 Å². The molecule has 5 heteroatoms. The van der Waals surface area contributed by atoms with E-state index in [0.29, 0.717) is 5.69 Å². The maximum Gasteiger partial charge on any atom is 0.319 e. The number of fused-ring (bicyclic) bond motifs is 1. The maximum atomic E-state index is 12.2. The lowest BCUT2D eigenvalue weighted by Crippen LogP contribution is -2.31. The summed E-state index contributed by atoms with van der Waals surface area (Å²) in [5.74, 6) is 0. The minimum atomic E-state index is -0.269. The van der Waals surface area contributed by atoms with Crippen molar-refractivity contribution < 1.29 is 4.79 Å². The third-order valence-corrected chi connectivity index (χ3v) is 3.41. The van der Waals surface area contributed by atoms with Crippen molar-refractivity contribution >= 4 is 22.6 Å². The fourth-order valence-corrected chi connectivity index (χ4v) is 2.28. The molecule has 3 aromatic rings. The molecule has 0 aliphatic heterocycles. The molecule has 0 aliphatic rings. The zero-order valence-corrected chi connectivity index (χ0v) is 12.2. The summed E-state index contributed by atoms with van der Waals surface area (Å²) >= 11 is 0. The van der Waals surface area contributed by atoms with Crippen LogP contribution in [-0.2, 0) is 0 Å². The van der Waals surface area contributed by atoms with Gasteiger partial charge in [0.25, 0.3) is 0 Å². The van der Waals surface area contributed by atoms with E-state index in [1.807, 2.05) is 49.4 Å². The Morgan fingerprint density at radius 1 is 1.09 bits per heavy atom. The van der Waals surface area contributed by atoms with Crippen LogP contribution in [0.4, 0.5) is 10.5 Å². The Kier molecular flexibility index (Phi) is 3.96. The first-order valence-corrected chi connectivity index (χ1v) is 7.05. The molecule has 2 N–H and O–H groups in total. The summed E-state index contributed by atoms with van der Waals surface area (Å²) in [5, 5.41) is 6.73. The molecular weight excluding hydrogens is 276 g/mol. The van der Waals surface area contributed by atoms with E-state index in [1.54, 1.807) is 18.6 Å². The number of nitrogens with zero attached hydrogens (tertiary/aromatic N) is 2. The SMILES string of the molecule is C[C@H](NC(=O)Nc1cccc2cccnc12)c1cccnc1. The number of nitrogens with one attached hydrogen (secondary N) is 2. The van der Waals surface area contributed by atoms with Gasteiger partial charge in [-0.25, -0.2) is 4.79 Å². The Balaban J connectivity index is 1.74. The number of benzene rings is 1. The molecule has 2 aromatic heterocycles. The predicted octanol–water partition coefficient (Wildman–Crippen LogP) is 3.51. The topological polar surface area (TPSA) is 66.9 Å². The maximum absolute atomic E-state index is 12.2. The molecule has 0 unspecified atom stereocenters. The molecule has 1 aromatic carbocycles. The van der Waals surface area contributed by atoms with Crippen LogP contribution in [0.5, 0.6) is 0 Å². The molecule has 0 saturated carbocycles. The Morgan fingerprint density at radius 2 is 1.91 bits per heavy atom. The number of urea groups is 1. The van der Waals surface area contributed by atoms with Crippen molar-refractivity contribution in [2.24, 2.45) is 0 Å². The van der Waals surface area contributed by atoms with Gasteiger partial charge >= 0.3 is 6.03 Å². The van der Waals surface area contributed by atoms with E-state index in [2.05, 4.69) is 20.6 Å². The zero-order chi connectivity index (χ0) is 15.4. The number of pyridine rings is 2. The van der Waals surface area contributed by atoms with Gasteiger partial charge in [0.15, 0.2) is 0 Å². The van der Waals surface area contributed by atoms with Gasteiger partial charge in [-0.15, -0.1) is 0 Å². The van der Waals surface area contributed by atoms with Crippen LogP contribution in [-0.4, -0.2) is 16.0 Å². The van der Waals surface area contributed by atoms with Gasteiger partial charge in [-0.2, -0.15) is 0 Å². The normalized spacial score (nSPS) is 11.9. The second-order valence-electron chi connectivity index (χ2n) is 4.99. The summed E-state index contributed by atoms with van der Waals surface area (Å²) < 4.78 is 0. The molecule has 1 atom stereocenters. The van der Waals surface area contributed by atoms with Gasteiger partial charge in [-0.1, -0.05) is 24.3 Å². The van der Waals surface area contributed by atoms with Crippen LogP contribution < -0.4 is 10.6 Å². The fourth-order valence-electron chi connectivity index (χ4n) is 2.28. The van der Waals surface area contributed by atoms with Crippen LogP contribution in [0.25, 0.3) is 10.9 Å². The summed E-state index contributed by atoms with van der Waals surface area (Å²) in [6.45, 7) is 1.91. The highest BCUT2D eigenvalue weighted by atomic mass is 16.2. The average molecular weight is 292 g/mol. The van der Waals surface area contributed by atoms with Crippen LogP contribution in [0, 0.1) is 0 Å². The lowest BCUT2D eigenvalue weighted by Gasteiger charge is -2.15. The predicted molar refractivity (Wildman–Crippen MR) is 86.5 cm³/mol. The summed E-state index contributed by atoms with van der Waals surface area (Å²) in [5.41, 5.74) is 2.41. The zero-order valence-electron chi connectivity index (χ0n) is 12.2. The highest BCUT2D eigenvalue weighted by Crippen LogP contribution is 2.20. The molecular formula is C17H16N4O. The van der Waals surface area contributed by atoms with Crippen molar-refractivity contribution in [2.75, 3.05) is 5.32 Å². The summed E-state index contributed by atoms with van der Waals surface area (Å²) in [6, 6.07) is 12.9. The van der Waals surface area contributed by atoms with Crippen molar-refractivity contribution in [1.82, 2.24) is 15.3 Å². The molecule has 0 aliphatic carbocycles. The molecule has 0 radical (unpaired) electrons. The van der Waals surface area contributed by atoms with Gasteiger partial charge in [0.1, 0.15) is 0 Å². The largest absolute Gasteiger partial charge is 0.331 e. The van der Waals surface area contributed by atoms with E-state index in [4.69, 9.17) is 0 Å².